The molecule has 0 spiro atoms. The lowest BCUT2D eigenvalue weighted by Gasteiger charge is -2.20. The standard InChI is InChI=1S/C16H26O4S/c1-4-10-21(19,20)14-8-6-13(7-9-14)12(3)11-16(18)15(17)5-2/h6-9,12,15-18H,4-5,10-11H2,1-3H3. The van der Waals surface area contributed by atoms with Crippen molar-refractivity contribution in [1.29, 1.82) is 0 Å². The van der Waals surface area contributed by atoms with Gasteiger partial charge in [-0.1, -0.05) is 32.9 Å². The van der Waals surface area contributed by atoms with E-state index in [1.807, 2.05) is 20.8 Å². The van der Waals surface area contributed by atoms with Gasteiger partial charge in [0.05, 0.1) is 22.9 Å². The van der Waals surface area contributed by atoms with E-state index in [4.69, 9.17) is 0 Å². The molecule has 0 aliphatic carbocycles. The molecule has 1 aromatic rings. The summed E-state index contributed by atoms with van der Waals surface area (Å²) in [6, 6.07) is 6.83. The molecule has 5 heteroatoms. The lowest BCUT2D eigenvalue weighted by molar-refractivity contribution is 0.00953. The van der Waals surface area contributed by atoms with E-state index in [1.165, 1.54) is 0 Å². The van der Waals surface area contributed by atoms with Gasteiger partial charge in [0.15, 0.2) is 9.84 Å². The van der Waals surface area contributed by atoms with Crippen LogP contribution in [0.1, 0.15) is 51.5 Å². The van der Waals surface area contributed by atoms with Gasteiger partial charge in [-0.2, -0.15) is 0 Å². The van der Waals surface area contributed by atoms with Crippen LogP contribution < -0.4 is 0 Å². The van der Waals surface area contributed by atoms with Crippen molar-refractivity contribution in [3.63, 3.8) is 0 Å². The zero-order valence-corrected chi connectivity index (χ0v) is 13.8. The van der Waals surface area contributed by atoms with Crippen LogP contribution in [-0.4, -0.2) is 36.6 Å². The van der Waals surface area contributed by atoms with E-state index < -0.39 is 22.0 Å². The van der Waals surface area contributed by atoms with E-state index in [1.54, 1.807) is 24.3 Å². The Balaban J connectivity index is 2.78. The zero-order valence-electron chi connectivity index (χ0n) is 13.0. The number of hydrogen-bond acceptors (Lipinski definition) is 4. The summed E-state index contributed by atoms with van der Waals surface area (Å²) < 4.78 is 23.9. The fourth-order valence-electron chi connectivity index (χ4n) is 2.32. The van der Waals surface area contributed by atoms with Crippen molar-refractivity contribution in [2.75, 3.05) is 5.75 Å². The Kier molecular flexibility index (Phi) is 6.84. The van der Waals surface area contributed by atoms with Crippen molar-refractivity contribution >= 4 is 9.84 Å². The Morgan fingerprint density at radius 3 is 2.10 bits per heavy atom. The number of hydrogen-bond donors (Lipinski definition) is 2. The van der Waals surface area contributed by atoms with Gasteiger partial charge in [0.25, 0.3) is 0 Å². The molecule has 0 saturated heterocycles. The van der Waals surface area contributed by atoms with E-state index >= 15 is 0 Å². The van der Waals surface area contributed by atoms with Crippen molar-refractivity contribution in [1.82, 2.24) is 0 Å². The predicted molar refractivity (Wildman–Crippen MR) is 84.1 cm³/mol. The number of sulfone groups is 1. The third-order valence-corrected chi connectivity index (χ3v) is 5.67. The van der Waals surface area contributed by atoms with E-state index in [0.29, 0.717) is 24.2 Å². The minimum absolute atomic E-state index is 0.0594. The van der Waals surface area contributed by atoms with Gasteiger partial charge in [0.1, 0.15) is 0 Å². The minimum Gasteiger partial charge on any atom is -0.390 e. The third-order valence-electron chi connectivity index (χ3n) is 3.74. The average molecular weight is 314 g/mol. The van der Waals surface area contributed by atoms with Crippen LogP contribution in [0, 0.1) is 0 Å². The fraction of sp³-hybridized carbons (Fsp3) is 0.625. The molecule has 0 aromatic heterocycles. The predicted octanol–water partition coefficient (Wildman–Crippen LogP) is 2.50. The first-order chi connectivity index (χ1) is 9.81. The van der Waals surface area contributed by atoms with Crippen LogP contribution in [0.25, 0.3) is 0 Å². The smallest absolute Gasteiger partial charge is 0.178 e. The van der Waals surface area contributed by atoms with E-state index in [0.717, 1.165) is 5.56 Å². The van der Waals surface area contributed by atoms with E-state index in [2.05, 4.69) is 0 Å². The van der Waals surface area contributed by atoms with E-state index in [9.17, 15) is 18.6 Å². The monoisotopic (exact) mass is 314 g/mol. The van der Waals surface area contributed by atoms with Crippen LogP contribution in [0.3, 0.4) is 0 Å². The van der Waals surface area contributed by atoms with Crippen LogP contribution in [-0.2, 0) is 9.84 Å². The molecule has 1 aromatic carbocycles. The zero-order chi connectivity index (χ0) is 16.0. The number of benzene rings is 1. The highest BCUT2D eigenvalue weighted by Gasteiger charge is 2.19. The summed E-state index contributed by atoms with van der Waals surface area (Å²) in [5, 5.41) is 19.5. The summed E-state index contributed by atoms with van der Waals surface area (Å²) in [6.07, 6.45) is 0.102. The van der Waals surface area contributed by atoms with Crippen molar-refractivity contribution < 1.29 is 18.6 Å². The second-order valence-electron chi connectivity index (χ2n) is 5.57. The molecule has 3 atom stereocenters. The molecule has 0 bridgehead atoms. The van der Waals surface area contributed by atoms with Crippen LogP contribution in [0.15, 0.2) is 29.2 Å². The maximum absolute atomic E-state index is 11.9. The molecule has 0 heterocycles. The van der Waals surface area contributed by atoms with Gasteiger partial charge < -0.3 is 10.2 Å². The summed E-state index contributed by atoms with van der Waals surface area (Å²) in [5.74, 6) is 0.215. The van der Waals surface area contributed by atoms with Crippen molar-refractivity contribution in [2.45, 2.75) is 63.1 Å². The topological polar surface area (TPSA) is 74.6 Å². The molecule has 0 aliphatic heterocycles. The molecular weight excluding hydrogens is 288 g/mol. The van der Waals surface area contributed by atoms with Crippen LogP contribution in [0.4, 0.5) is 0 Å². The van der Waals surface area contributed by atoms with Gasteiger partial charge in [-0.3, -0.25) is 0 Å². The average Bonchev–Trinajstić information content (AvgIpc) is 2.46. The maximum Gasteiger partial charge on any atom is 0.178 e. The highest BCUT2D eigenvalue weighted by atomic mass is 32.2. The second kappa shape index (κ2) is 7.92. The van der Waals surface area contributed by atoms with Gasteiger partial charge in [0.2, 0.25) is 0 Å². The summed E-state index contributed by atoms with van der Waals surface area (Å²) in [6.45, 7) is 5.63. The van der Waals surface area contributed by atoms with E-state index in [-0.39, 0.29) is 11.7 Å². The molecule has 0 amide bonds. The summed E-state index contributed by atoms with van der Waals surface area (Å²) in [4.78, 5) is 0.342. The summed E-state index contributed by atoms with van der Waals surface area (Å²) >= 11 is 0. The summed E-state index contributed by atoms with van der Waals surface area (Å²) in [7, 11) is -3.18. The second-order valence-corrected chi connectivity index (χ2v) is 7.68. The molecule has 0 aliphatic rings. The van der Waals surface area contributed by atoms with Crippen LogP contribution >= 0.6 is 0 Å². The highest BCUT2D eigenvalue weighted by Crippen LogP contribution is 2.24. The third kappa shape index (κ3) is 5.09. The molecule has 1 rings (SSSR count). The van der Waals surface area contributed by atoms with Crippen LogP contribution in [0.5, 0.6) is 0 Å². The first-order valence-electron chi connectivity index (χ1n) is 7.50. The van der Waals surface area contributed by atoms with Crippen molar-refractivity contribution in [2.24, 2.45) is 0 Å². The molecule has 3 unspecified atom stereocenters. The minimum atomic E-state index is -3.18. The summed E-state index contributed by atoms with van der Waals surface area (Å²) in [5.41, 5.74) is 0.966. The molecule has 2 N–H and O–H groups in total. The Morgan fingerprint density at radius 2 is 1.62 bits per heavy atom. The molecule has 21 heavy (non-hydrogen) atoms. The largest absolute Gasteiger partial charge is 0.390 e. The number of rotatable bonds is 8. The Morgan fingerprint density at radius 1 is 1.05 bits per heavy atom. The molecule has 120 valence electrons. The van der Waals surface area contributed by atoms with Crippen LogP contribution in [0.2, 0.25) is 0 Å². The molecular formula is C16H26O4S. The Bertz CT molecular complexity index is 522. The van der Waals surface area contributed by atoms with Gasteiger partial charge in [-0.25, -0.2) is 8.42 Å². The lowest BCUT2D eigenvalue weighted by Crippen LogP contribution is -2.26. The quantitative estimate of drug-likeness (QED) is 0.773. The van der Waals surface area contributed by atoms with Crippen molar-refractivity contribution in [3.8, 4) is 0 Å². The molecule has 0 fully saturated rings. The molecule has 0 radical (unpaired) electrons. The Hall–Kier alpha value is -0.910. The normalized spacial score (nSPS) is 16.4. The van der Waals surface area contributed by atoms with Gasteiger partial charge >= 0.3 is 0 Å². The maximum atomic E-state index is 11.9. The molecule has 0 saturated carbocycles. The number of aliphatic hydroxyl groups is 2. The fourth-order valence-corrected chi connectivity index (χ4v) is 3.64. The van der Waals surface area contributed by atoms with Crippen molar-refractivity contribution in [3.05, 3.63) is 29.8 Å². The SMILES string of the molecule is CCCS(=O)(=O)c1ccc(C(C)CC(O)C(O)CC)cc1. The highest BCUT2D eigenvalue weighted by molar-refractivity contribution is 7.91. The first kappa shape index (κ1) is 18.1. The van der Waals surface area contributed by atoms with Gasteiger partial charge in [0, 0.05) is 0 Å². The number of aliphatic hydroxyl groups excluding tert-OH is 2. The van der Waals surface area contributed by atoms with Gasteiger partial charge in [-0.05, 0) is 42.9 Å². The molecule has 4 nitrogen and oxygen atoms in total. The Labute approximate surface area is 127 Å². The van der Waals surface area contributed by atoms with Gasteiger partial charge in [-0.15, -0.1) is 0 Å². The first-order valence-corrected chi connectivity index (χ1v) is 9.15. The lowest BCUT2D eigenvalue weighted by atomic mass is 9.92.